The largest absolute Gasteiger partial charge is 0.401 e. The van der Waals surface area contributed by atoms with Crippen LogP contribution >= 0.6 is 0 Å². The summed E-state index contributed by atoms with van der Waals surface area (Å²) in [5.41, 5.74) is 0. The maximum absolute atomic E-state index is 11.0. The highest BCUT2D eigenvalue weighted by Gasteiger charge is 1.54. The maximum atomic E-state index is 11.0. The molecule has 0 aromatic heterocycles. The fraction of sp³-hybridized carbons (Fsp3) is 1.00. The quantitative estimate of drug-likeness (QED) is 0.410. The molecule has 0 saturated carbocycles. The van der Waals surface area contributed by atoms with Gasteiger partial charge in [0.15, 0.2) is 0 Å². The summed E-state index contributed by atoms with van der Waals surface area (Å²) in [4.78, 5) is 0. The summed E-state index contributed by atoms with van der Waals surface area (Å²) in [6, 6.07) is 0. The van der Waals surface area contributed by atoms with Crippen LogP contribution in [0.4, 0.5) is 3.89 Å². The van der Waals surface area contributed by atoms with E-state index in [1.165, 1.54) is 0 Å². The topological polar surface area (TPSA) is 23.8 Å². The minimum absolute atomic E-state index is 0.222. The lowest BCUT2D eigenvalue weighted by Gasteiger charge is -1.86. The minimum atomic E-state index is -1.82. The zero-order valence-corrected chi connectivity index (χ0v) is 3.76. The summed E-state index contributed by atoms with van der Waals surface area (Å²) in [5.74, 6) is 0.222. The van der Waals surface area contributed by atoms with Gasteiger partial charge in [-0.2, -0.15) is 10.9 Å². The molecule has 0 spiro atoms. The molecule has 0 atom stereocenters. The first-order valence-electron chi connectivity index (χ1n) is 1.33. The second-order valence-electron chi connectivity index (χ2n) is 0.596. The second-order valence-corrected chi connectivity index (χ2v) is 1.79. The van der Waals surface area contributed by atoms with Gasteiger partial charge in [0.05, 0.1) is 0 Å². The molecule has 0 radical (unpaired) electrons. The van der Waals surface area contributed by atoms with E-state index in [1.54, 1.807) is 6.92 Å². The molecule has 0 unspecified atom stereocenters. The predicted molar refractivity (Wildman–Crippen MR) is 20.7 cm³/mol. The highest BCUT2D eigenvalue weighted by molar-refractivity contribution is 7.78. The fourth-order valence-corrected chi connectivity index (χ4v) is 0. The number of hydrogen-bond acceptors (Lipinski definition) is 2. The van der Waals surface area contributed by atoms with Crippen molar-refractivity contribution >= 4 is 10.9 Å². The van der Waals surface area contributed by atoms with Gasteiger partial charge in [0.1, 0.15) is 0 Å². The van der Waals surface area contributed by atoms with E-state index in [2.05, 4.69) is 0 Å². The lowest BCUT2D eigenvalue weighted by molar-refractivity contribution is 0.916. The average molecular weight is 94.1 g/mol. The zero-order chi connectivity index (χ0) is 4.28. The molecule has 3 heteroatoms. The number of rotatable bonds is 0. The van der Waals surface area contributed by atoms with Crippen LogP contribution in [0.25, 0.3) is 0 Å². The van der Waals surface area contributed by atoms with Crippen molar-refractivity contribution in [3.05, 3.63) is 0 Å². The molecule has 0 N–H and O–H groups in total. The van der Waals surface area contributed by atoms with Gasteiger partial charge >= 0.3 is 0 Å². The smallest absolute Gasteiger partial charge is 0.0805 e. The van der Waals surface area contributed by atoms with Gasteiger partial charge in [0.25, 0.3) is 0 Å². The fourth-order valence-electron chi connectivity index (χ4n) is 0. The Kier molecular flexibility index (Phi) is 2.24. The van der Waals surface area contributed by atoms with E-state index >= 15 is 0 Å². The Morgan fingerprint density at radius 2 is 2.20 bits per heavy atom. The van der Waals surface area contributed by atoms with Crippen LogP contribution in [0.2, 0.25) is 0 Å². The second kappa shape index (κ2) is 2.24. The third kappa shape index (κ3) is 3.99. The van der Waals surface area contributed by atoms with Gasteiger partial charge in [-0.25, -0.2) is 0 Å². The van der Waals surface area contributed by atoms with Crippen molar-refractivity contribution in [1.82, 2.24) is 0 Å². The van der Waals surface area contributed by atoms with Crippen molar-refractivity contribution < 1.29 is 3.89 Å². The Balaban J connectivity index is 2.97. The van der Waals surface area contributed by atoms with E-state index in [0.29, 0.717) is 0 Å². The highest BCUT2D eigenvalue weighted by atomic mass is 32.2. The Morgan fingerprint density at radius 1 is 2.00 bits per heavy atom. The summed E-state index contributed by atoms with van der Waals surface area (Å²) < 4.78 is 18.7. The van der Waals surface area contributed by atoms with Gasteiger partial charge in [0, 0.05) is 0 Å². The number of halogens is 1. The van der Waals surface area contributed by atoms with Crippen molar-refractivity contribution in [2.24, 2.45) is 0 Å². The van der Waals surface area contributed by atoms with Crippen molar-refractivity contribution in [3.8, 4) is 0 Å². The Hall–Kier alpha value is -0.0100. The SMILES string of the molecule is CC[S-](#N)F. The first-order chi connectivity index (χ1) is 2.27. The summed E-state index contributed by atoms with van der Waals surface area (Å²) in [5, 5.41) is 0. The first kappa shape index (κ1) is 4.99. The van der Waals surface area contributed by atoms with E-state index in [9.17, 15) is 3.89 Å². The van der Waals surface area contributed by atoms with E-state index in [-0.39, 0.29) is 5.75 Å². The third-order valence-electron chi connectivity index (χ3n) is 0.238. The Morgan fingerprint density at radius 3 is 2.20 bits per heavy atom. The van der Waals surface area contributed by atoms with Gasteiger partial charge in [-0.3, -0.25) is 0 Å². The minimum Gasteiger partial charge on any atom is -0.401 e. The molecule has 0 amide bonds. The molecule has 0 aliphatic heterocycles. The van der Waals surface area contributed by atoms with E-state index in [4.69, 9.17) is 4.61 Å². The van der Waals surface area contributed by atoms with Crippen molar-refractivity contribution in [1.29, 1.82) is 4.61 Å². The Bertz CT molecular complexity index is 71.5. The van der Waals surface area contributed by atoms with Crippen molar-refractivity contribution in [2.45, 2.75) is 6.92 Å². The molecular formula is C2H5FNS-. The van der Waals surface area contributed by atoms with Crippen molar-refractivity contribution in [2.75, 3.05) is 5.75 Å². The lowest BCUT2D eigenvalue weighted by Crippen LogP contribution is -1.71. The van der Waals surface area contributed by atoms with E-state index < -0.39 is 10.9 Å². The monoisotopic (exact) mass is 94.0 g/mol. The standard InChI is InChI=1S/C2H5FNS/c1-2-5(3)4/h2H2,1H3/q-1. The summed E-state index contributed by atoms with van der Waals surface area (Å²) >= 11 is 0. The predicted octanol–water partition coefficient (Wildman–Crippen LogP) is 0.988. The molecule has 1 nitrogen and oxygen atoms in total. The lowest BCUT2D eigenvalue weighted by atomic mass is 11.0. The molecule has 0 aromatic rings. The van der Waals surface area contributed by atoms with Crippen LogP contribution in [0, 0.1) is 4.61 Å². The molecule has 0 aliphatic carbocycles. The van der Waals surface area contributed by atoms with Crippen LogP contribution in [0.5, 0.6) is 0 Å². The summed E-state index contributed by atoms with van der Waals surface area (Å²) in [6.45, 7) is 1.59. The maximum Gasteiger partial charge on any atom is -0.0805 e. The van der Waals surface area contributed by atoms with Crippen LogP contribution in [-0.4, -0.2) is 5.75 Å². The molecule has 0 rings (SSSR count). The van der Waals surface area contributed by atoms with Crippen LogP contribution in [-0.2, 0) is 10.9 Å². The van der Waals surface area contributed by atoms with Gasteiger partial charge in [-0.1, -0.05) is 12.7 Å². The highest BCUT2D eigenvalue weighted by Crippen LogP contribution is 1.73. The van der Waals surface area contributed by atoms with Gasteiger partial charge in [-0.15, -0.1) is 0 Å². The van der Waals surface area contributed by atoms with Crippen LogP contribution in [0.1, 0.15) is 6.92 Å². The molecule has 32 valence electrons. The number of nitrogens with zero attached hydrogens (tertiary/aromatic N) is 1. The molecule has 0 bridgehead atoms. The van der Waals surface area contributed by atoms with E-state index in [0.717, 1.165) is 0 Å². The van der Waals surface area contributed by atoms with Crippen LogP contribution in [0.3, 0.4) is 0 Å². The molecule has 0 saturated heterocycles. The van der Waals surface area contributed by atoms with Crippen LogP contribution in [0.15, 0.2) is 0 Å². The van der Waals surface area contributed by atoms with Gasteiger partial charge in [0.2, 0.25) is 0 Å². The summed E-state index contributed by atoms with van der Waals surface area (Å²) in [7, 11) is -1.82. The normalized spacial score (nSPS) is 9.20. The molecule has 0 heterocycles. The molecule has 0 aliphatic rings. The summed E-state index contributed by atoms with van der Waals surface area (Å²) in [6.07, 6.45) is 0. The third-order valence-corrected chi connectivity index (χ3v) is 0.715. The Labute approximate surface area is 33.0 Å². The molecule has 5 heavy (non-hydrogen) atoms. The molecular weight excluding hydrogens is 89.1 g/mol. The molecule has 0 fully saturated rings. The van der Waals surface area contributed by atoms with Gasteiger partial charge in [-0.05, 0) is 0 Å². The van der Waals surface area contributed by atoms with Crippen molar-refractivity contribution in [3.63, 3.8) is 0 Å². The number of hydrogen-bond donors (Lipinski definition) is 0. The molecule has 0 aromatic carbocycles. The van der Waals surface area contributed by atoms with Crippen LogP contribution < -0.4 is 0 Å². The van der Waals surface area contributed by atoms with E-state index in [1.807, 2.05) is 0 Å². The average Bonchev–Trinajstić information content (AvgIpc) is 1.38. The zero-order valence-electron chi connectivity index (χ0n) is 2.94. The van der Waals surface area contributed by atoms with Gasteiger partial charge < -0.3 is 8.49 Å². The first-order valence-corrected chi connectivity index (χ1v) is 2.58.